The largest absolute Gasteiger partial charge is 0.494 e. The van der Waals surface area contributed by atoms with Gasteiger partial charge in [-0.05, 0) is 36.6 Å². The van der Waals surface area contributed by atoms with E-state index in [1.807, 2.05) is 18.2 Å². The number of amides is 1. The number of pyridine rings is 1. The van der Waals surface area contributed by atoms with Crippen LogP contribution >= 0.6 is 0 Å². The SMILES string of the molecule is O=C(Nc1ccc2c(c1)CCCN2)c1cc(O)[nH]c(=O)c1. The van der Waals surface area contributed by atoms with Crippen LogP contribution in [0.25, 0.3) is 0 Å². The standard InChI is InChI=1S/C15H15N3O3/c19-13-7-10(8-14(20)18-13)15(21)17-11-3-4-12-9(6-11)2-1-5-16-12/h3-4,6-8,16H,1-2,5H2,(H,17,21)(H2,18,19,20). The van der Waals surface area contributed by atoms with Gasteiger partial charge in [-0.3, -0.25) is 14.6 Å². The Morgan fingerprint density at radius 1 is 1.24 bits per heavy atom. The average molecular weight is 285 g/mol. The Morgan fingerprint density at radius 2 is 2.10 bits per heavy atom. The summed E-state index contributed by atoms with van der Waals surface area (Å²) in [4.78, 5) is 25.5. The van der Waals surface area contributed by atoms with E-state index in [0.29, 0.717) is 5.69 Å². The van der Waals surface area contributed by atoms with E-state index in [4.69, 9.17) is 0 Å². The van der Waals surface area contributed by atoms with Crippen LogP contribution in [0, 0.1) is 0 Å². The van der Waals surface area contributed by atoms with Crippen LogP contribution in [-0.4, -0.2) is 22.5 Å². The first-order chi connectivity index (χ1) is 10.1. The topological polar surface area (TPSA) is 94.2 Å². The maximum absolute atomic E-state index is 12.1. The Labute approximate surface area is 120 Å². The molecule has 0 radical (unpaired) electrons. The number of aromatic hydroxyl groups is 1. The zero-order chi connectivity index (χ0) is 14.8. The normalized spacial score (nSPS) is 13.1. The lowest BCUT2D eigenvalue weighted by Gasteiger charge is -2.18. The van der Waals surface area contributed by atoms with Crippen molar-refractivity contribution in [1.82, 2.24) is 4.98 Å². The number of nitrogens with one attached hydrogen (secondary N) is 3. The molecule has 6 heteroatoms. The van der Waals surface area contributed by atoms with E-state index < -0.39 is 11.5 Å². The minimum absolute atomic E-state index is 0.118. The maximum Gasteiger partial charge on any atom is 0.256 e. The second-order valence-corrected chi connectivity index (χ2v) is 4.97. The molecule has 4 N–H and O–H groups in total. The Balaban J connectivity index is 1.82. The monoisotopic (exact) mass is 285 g/mol. The highest BCUT2D eigenvalue weighted by molar-refractivity contribution is 6.04. The molecule has 0 saturated heterocycles. The van der Waals surface area contributed by atoms with Crippen LogP contribution in [0.2, 0.25) is 0 Å². The summed E-state index contributed by atoms with van der Waals surface area (Å²) in [5, 5.41) is 15.4. The third kappa shape index (κ3) is 2.89. The highest BCUT2D eigenvalue weighted by Crippen LogP contribution is 2.25. The van der Waals surface area contributed by atoms with Crippen molar-refractivity contribution >= 4 is 17.3 Å². The van der Waals surface area contributed by atoms with E-state index in [1.54, 1.807) is 0 Å². The summed E-state index contributed by atoms with van der Waals surface area (Å²) in [7, 11) is 0. The first-order valence-corrected chi connectivity index (χ1v) is 6.73. The number of aromatic amines is 1. The lowest BCUT2D eigenvalue weighted by Crippen LogP contribution is -2.17. The molecule has 1 aliphatic heterocycles. The van der Waals surface area contributed by atoms with E-state index in [1.165, 1.54) is 6.07 Å². The van der Waals surface area contributed by atoms with Crippen LogP contribution < -0.4 is 16.2 Å². The Kier molecular flexibility index (Phi) is 3.35. The highest BCUT2D eigenvalue weighted by atomic mass is 16.3. The molecular weight excluding hydrogens is 270 g/mol. The Morgan fingerprint density at radius 3 is 2.90 bits per heavy atom. The molecular formula is C15H15N3O3. The van der Waals surface area contributed by atoms with Gasteiger partial charge >= 0.3 is 0 Å². The van der Waals surface area contributed by atoms with Gasteiger partial charge in [0.1, 0.15) is 0 Å². The Hall–Kier alpha value is -2.76. The first kappa shape index (κ1) is 13.2. The zero-order valence-electron chi connectivity index (χ0n) is 11.3. The molecule has 0 spiro atoms. The molecule has 0 saturated carbocycles. The molecule has 0 bridgehead atoms. The number of fused-ring (bicyclic) bond motifs is 1. The number of aryl methyl sites for hydroxylation is 1. The number of hydrogen-bond acceptors (Lipinski definition) is 4. The van der Waals surface area contributed by atoms with Crippen molar-refractivity contribution in [2.45, 2.75) is 12.8 Å². The van der Waals surface area contributed by atoms with Gasteiger partial charge in [0.25, 0.3) is 11.5 Å². The number of carbonyl (C=O) groups excluding carboxylic acids is 1. The summed E-state index contributed by atoms with van der Waals surface area (Å²) >= 11 is 0. The van der Waals surface area contributed by atoms with E-state index in [-0.39, 0.29) is 11.4 Å². The third-order valence-corrected chi connectivity index (χ3v) is 3.39. The van der Waals surface area contributed by atoms with Gasteiger partial charge in [0.2, 0.25) is 0 Å². The molecule has 1 aromatic heterocycles. The molecule has 0 aliphatic carbocycles. The number of carbonyl (C=O) groups is 1. The highest BCUT2D eigenvalue weighted by Gasteiger charge is 2.12. The molecule has 0 unspecified atom stereocenters. The lowest BCUT2D eigenvalue weighted by molar-refractivity contribution is 0.102. The average Bonchev–Trinajstić information content (AvgIpc) is 2.46. The van der Waals surface area contributed by atoms with Crippen LogP contribution in [-0.2, 0) is 6.42 Å². The second kappa shape index (κ2) is 5.32. The molecule has 1 aliphatic rings. The van der Waals surface area contributed by atoms with Crippen molar-refractivity contribution < 1.29 is 9.90 Å². The van der Waals surface area contributed by atoms with Crippen molar-refractivity contribution in [2.24, 2.45) is 0 Å². The fourth-order valence-corrected chi connectivity index (χ4v) is 2.42. The summed E-state index contributed by atoms with van der Waals surface area (Å²) in [5.41, 5.74) is 2.52. The van der Waals surface area contributed by atoms with Crippen molar-refractivity contribution in [1.29, 1.82) is 0 Å². The predicted octanol–water partition coefficient (Wildman–Crippen LogP) is 1.69. The number of benzene rings is 1. The predicted molar refractivity (Wildman–Crippen MR) is 79.9 cm³/mol. The molecule has 2 heterocycles. The van der Waals surface area contributed by atoms with Crippen molar-refractivity contribution in [3.63, 3.8) is 0 Å². The zero-order valence-corrected chi connectivity index (χ0v) is 11.3. The molecule has 0 fully saturated rings. The van der Waals surface area contributed by atoms with Gasteiger partial charge < -0.3 is 15.7 Å². The lowest BCUT2D eigenvalue weighted by atomic mass is 10.0. The molecule has 108 valence electrons. The molecule has 1 aromatic carbocycles. The van der Waals surface area contributed by atoms with Gasteiger partial charge in [-0.2, -0.15) is 0 Å². The van der Waals surface area contributed by atoms with Gasteiger partial charge in [-0.15, -0.1) is 0 Å². The number of aromatic nitrogens is 1. The molecule has 6 nitrogen and oxygen atoms in total. The van der Waals surface area contributed by atoms with E-state index >= 15 is 0 Å². The number of anilines is 2. The van der Waals surface area contributed by atoms with E-state index in [2.05, 4.69) is 15.6 Å². The van der Waals surface area contributed by atoms with Crippen molar-refractivity contribution in [2.75, 3.05) is 17.2 Å². The van der Waals surface area contributed by atoms with Crippen LogP contribution in [0.5, 0.6) is 5.88 Å². The van der Waals surface area contributed by atoms with Crippen LogP contribution in [0.15, 0.2) is 35.1 Å². The summed E-state index contributed by atoms with van der Waals surface area (Å²) in [5.74, 6) is -0.762. The summed E-state index contributed by atoms with van der Waals surface area (Å²) < 4.78 is 0. The maximum atomic E-state index is 12.1. The second-order valence-electron chi connectivity index (χ2n) is 4.97. The van der Waals surface area contributed by atoms with Crippen molar-refractivity contribution in [3.05, 3.63) is 51.8 Å². The Bertz CT molecular complexity index is 752. The van der Waals surface area contributed by atoms with E-state index in [9.17, 15) is 14.7 Å². The smallest absolute Gasteiger partial charge is 0.256 e. The van der Waals surface area contributed by atoms with Gasteiger partial charge in [-0.25, -0.2) is 0 Å². The fraction of sp³-hybridized carbons (Fsp3) is 0.200. The summed E-state index contributed by atoms with van der Waals surface area (Å²) in [6.45, 7) is 0.963. The van der Waals surface area contributed by atoms with Gasteiger partial charge in [0.15, 0.2) is 5.88 Å². The minimum Gasteiger partial charge on any atom is -0.494 e. The molecule has 2 aromatic rings. The fourth-order valence-electron chi connectivity index (χ4n) is 2.42. The van der Waals surface area contributed by atoms with Gasteiger partial charge in [-0.1, -0.05) is 0 Å². The van der Waals surface area contributed by atoms with E-state index in [0.717, 1.165) is 36.7 Å². The number of H-pyrrole nitrogens is 1. The molecule has 0 atom stereocenters. The van der Waals surface area contributed by atoms with Crippen LogP contribution in [0.3, 0.4) is 0 Å². The van der Waals surface area contributed by atoms with Gasteiger partial charge in [0, 0.05) is 30.1 Å². The van der Waals surface area contributed by atoms with Gasteiger partial charge in [0.05, 0.1) is 5.56 Å². The molecule has 1 amide bonds. The van der Waals surface area contributed by atoms with Crippen LogP contribution in [0.1, 0.15) is 22.3 Å². The van der Waals surface area contributed by atoms with Crippen LogP contribution in [0.4, 0.5) is 11.4 Å². The number of rotatable bonds is 2. The summed E-state index contributed by atoms with van der Waals surface area (Å²) in [6, 6.07) is 8.03. The first-order valence-electron chi connectivity index (χ1n) is 6.73. The summed E-state index contributed by atoms with van der Waals surface area (Å²) in [6.07, 6.45) is 2.03. The minimum atomic E-state index is -0.519. The molecule has 21 heavy (non-hydrogen) atoms. The molecule has 3 rings (SSSR count). The third-order valence-electron chi connectivity index (χ3n) is 3.39. The van der Waals surface area contributed by atoms with Crippen molar-refractivity contribution in [3.8, 4) is 5.88 Å². The quantitative estimate of drug-likeness (QED) is 0.675. The number of hydrogen-bond donors (Lipinski definition) is 4.